The molecule has 1 aromatic rings. The molecular formula is C15H20O5. The van der Waals surface area contributed by atoms with Crippen LogP contribution in [-0.2, 0) is 16.0 Å². The molecular weight excluding hydrogens is 260 g/mol. The number of carboxylic acid groups (broad SMARTS) is 2. The van der Waals surface area contributed by atoms with Gasteiger partial charge >= 0.3 is 11.9 Å². The minimum absolute atomic E-state index is 0.0884. The number of benzene rings is 1. The van der Waals surface area contributed by atoms with Gasteiger partial charge in [0.05, 0.1) is 7.11 Å². The number of carboxylic acids is 2. The molecule has 0 bridgehead atoms. The molecule has 0 atom stereocenters. The quantitative estimate of drug-likeness (QED) is 0.726. The van der Waals surface area contributed by atoms with E-state index in [1.165, 1.54) is 0 Å². The topological polar surface area (TPSA) is 83.8 Å². The first-order valence-corrected chi connectivity index (χ1v) is 6.57. The standard InChI is InChI=1S/C15H20O5/c1-20-13-7-5-11(6-8-13)3-2-4-12(9-14(16)17)10-15(18)19/h5-8,12H,2-4,9-10H2,1H3,(H,16,17)(H,18,19). The Balaban J connectivity index is 2.41. The molecule has 0 aliphatic heterocycles. The summed E-state index contributed by atoms with van der Waals surface area (Å²) in [4.78, 5) is 21.4. The Bertz CT molecular complexity index is 422. The summed E-state index contributed by atoms with van der Waals surface area (Å²) >= 11 is 0. The second-order valence-electron chi connectivity index (χ2n) is 4.80. The van der Waals surface area contributed by atoms with Gasteiger partial charge in [0.1, 0.15) is 5.75 Å². The molecule has 0 saturated carbocycles. The van der Waals surface area contributed by atoms with Gasteiger partial charge in [0.2, 0.25) is 0 Å². The average Bonchev–Trinajstić information content (AvgIpc) is 2.38. The molecule has 1 aromatic carbocycles. The molecule has 0 spiro atoms. The molecule has 0 amide bonds. The van der Waals surface area contributed by atoms with E-state index in [4.69, 9.17) is 14.9 Å². The van der Waals surface area contributed by atoms with Gasteiger partial charge in [0.25, 0.3) is 0 Å². The van der Waals surface area contributed by atoms with Crippen molar-refractivity contribution in [1.82, 2.24) is 0 Å². The van der Waals surface area contributed by atoms with Gasteiger partial charge in [-0.2, -0.15) is 0 Å². The van der Waals surface area contributed by atoms with Crippen molar-refractivity contribution in [3.05, 3.63) is 29.8 Å². The number of ether oxygens (including phenoxy) is 1. The Morgan fingerprint density at radius 2 is 1.65 bits per heavy atom. The van der Waals surface area contributed by atoms with E-state index in [2.05, 4.69) is 0 Å². The SMILES string of the molecule is COc1ccc(CCCC(CC(=O)O)CC(=O)O)cc1. The molecule has 110 valence electrons. The Labute approximate surface area is 118 Å². The van der Waals surface area contributed by atoms with Gasteiger partial charge in [-0.15, -0.1) is 0 Å². The predicted molar refractivity (Wildman–Crippen MR) is 73.9 cm³/mol. The lowest BCUT2D eigenvalue weighted by molar-refractivity contribution is -0.140. The van der Waals surface area contributed by atoms with Crippen molar-refractivity contribution in [2.45, 2.75) is 32.1 Å². The summed E-state index contributed by atoms with van der Waals surface area (Å²) in [5.74, 6) is -1.40. The first kappa shape index (κ1) is 16.0. The van der Waals surface area contributed by atoms with E-state index in [0.717, 1.165) is 24.2 Å². The third-order valence-corrected chi connectivity index (χ3v) is 3.16. The molecule has 0 aromatic heterocycles. The largest absolute Gasteiger partial charge is 0.497 e. The zero-order chi connectivity index (χ0) is 15.0. The van der Waals surface area contributed by atoms with Crippen LogP contribution < -0.4 is 4.74 Å². The van der Waals surface area contributed by atoms with Crippen molar-refractivity contribution in [3.8, 4) is 5.75 Å². The monoisotopic (exact) mass is 280 g/mol. The van der Waals surface area contributed by atoms with Gasteiger partial charge in [-0.1, -0.05) is 12.1 Å². The Hall–Kier alpha value is -2.04. The lowest BCUT2D eigenvalue weighted by Crippen LogP contribution is -2.13. The van der Waals surface area contributed by atoms with Gasteiger partial charge in [-0.25, -0.2) is 0 Å². The van der Waals surface area contributed by atoms with E-state index >= 15 is 0 Å². The van der Waals surface area contributed by atoms with E-state index < -0.39 is 11.9 Å². The fourth-order valence-corrected chi connectivity index (χ4v) is 2.16. The minimum atomic E-state index is -0.944. The van der Waals surface area contributed by atoms with Crippen LogP contribution in [-0.4, -0.2) is 29.3 Å². The fourth-order valence-electron chi connectivity index (χ4n) is 2.16. The van der Waals surface area contributed by atoms with Crippen molar-refractivity contribution >= 4 is 11.9 Å². The van der Waals surface area contributed by atoms with E-state index in [-0.39, 0.29) is 18.8 Å². The molecule has 0 fully saturated rings. The zero-order valence-electron chi connectivity index (χ0n) is 11.5. The van der Waals surface area contributed by atoms with E-state index in [1.807, 2.05) is 24.3 Å². The molecule has 0 unspecified atom stereocenters. The van der Waals surface area contributed by atoms with Crippen LogP contribution in [0, 0.1) is 5.92 Å². The Morgan fingerprint density at radius 1 is 1.10 bits per heavy atom. The highest BCUT2D eigenvalue weighted by Crippen LogP contribution is 2.19. The van der Waals surface area contributed by atoms with E-state index in [9.17, 15) is 9.59 Å². The van der Waals surface area contributed by atoms with E-state index in [1.54, 1.807) is 7.11 Å². The number of methoxy groups -OCH3 is 1. The number of carbonyl (C=O) groups is 2. The van der Waals surface area contributed by atoms with Gasteiger partial charge in [0.15, 0.2) is 0 Å². The van der Waals surface area contributed by atoms with Crippen LogP contribution in [0.4, 0.5) is 0 Å². The van der Waals surface area contributed by atoms with Crippen molar-refractivity contribution in [2.24, 2.45) is 5.92 Å². The third kappa shape index (κ3) is 6.22. The summed E-state index contributed by atoms with van der Waals surface area (Å²) in [5.41, 5.74) is 1.13. The van der Waals surface area contributed by atoms with Crippen molar-refractivity contribution in [2.75, 3.05) is 7.11 Å². The molecule has 0 radical (unpaired) electrons. The normalized spacial score (nSPS) is 10.5. The number of hydrogen-bond donors (Lipinski definition) is 2. The van der Waals surface area contributed by atoms with E-state index in [0.29, 0.717) is 6.42 Å². The maximum atomic E-state index is 10.7. The highest BCUT2D eigenvalue weighted by Gasteiger charge is 2.16. The van der Waals surface area contributed by atoms with Crippen molar-refractivity contribution in [1.29, 1.82) is 0 Å². The summed E-state index contributed by atoms with van der Waals surface area (Å²) in [7, 11) is 1.61. The highest BCUT2D eigenvalue weighted by molar-refractivity contribution is 5.70. The molecule has 2 N–H and O–H groups in total. The summed E-state index contributed by atoms with van der Waals surface area (Å²) in [6.07, 6.45) is 2.01. The molecule has 1 rings (SSSR count). The molecule has 5 nitrogen and oxygen atoms in total. The number of hydrogen-bond acceptors (Lipinski definition) is 3. The average molecular weight is 280 g/mol. The highest BCUT2D eigenvalue weighted by atomic mass is 16.5. The molecule has 0 aliphatic carbocycles. The van der Waals surface area contributed by atoms with Crippen LogP contribution in [0.1, 0.15) is 31.2 Å². The smallest absolute Gasteiger partial charge is 0.303 e. The van der Waals surface area contributed by atoms with Crippen LogP contribution in [0.25, 0.3) is 0 Å². The molecule has 5 heteroatoms. The minimum Gasteiger partial charge on any atom is -0.497 e. The second kappa shape index (κ2) is 8.19. The number of rotatable bonds is 9. The third-order valence-electron chi connectivity index (χ3n) is 3.16. The van der Waals surface area contributed by atoms with Crippen molar-refractivity contribution < 1.29 is 24.5 Å². The fraction of sp³-hybridized carbons (Fsp3) is 0.467. The van der Waals surface area contributed by atoms with Gasteiger partial charge < -0.3 is 14.9 Å². The van der Waals surface area contributed by atoms with Gasteiger partial charge in [-0.3, -0.25) is 9.59 Å². The first-order valence-electron chi connectivity index (χ1n) is 6.57. The summed E-state index contributed by atoms with van der Waals surface area (Å²) in [6.45, 7) is 0. The Kier molecular flexibility index (Phi) is 6.56. The van der Waals surface area contributed by atoms with Crippen LogP contribution in [0.5, 0.6) is 5.75 Å². The molecule has 20 heavy (non-hydrogen) atoms. The first-order chi connectivity index (χ1) is 9.51. The Morgan fingerprint density at radius 3 is 2.10 bits per heavy atom. The van der Waals surface area contributed by atoms with Gasteiger partial charge in [0, 0.05) is 12.8 Å². The van der Waals surface area contributed by atoms with Crippen LogP contribution >= 0.6 is 0 Å². The number of aryl methyl sites for hydroxylation is 1. The summed E-state index contributed by atoms with van der Waals surface area (Å²) in [5, 5.41) is 17.5. The summed E-state index contributed by atoms with van der Waals surface area (Å²) in [6, 6.07) is 7.67. The maximum absolute atomic E-state index is 10.7. The molecule has 0 aliphatic rings. The van der Waals surface area contributed by atoms with Crippen molar-refractivity contribution in [3.63, 3.8) is 0 Å². The second-order valence-corrected chi connectivity index (χ2v) is 4.80. The van der Waals surface area contributed by atoms with Gasteiger partial charge in [-0.05, 0) is 42.9 Å². The molecule has 0 saturated heterocycles. The zero-order valence-corrected chi connectivity index (χ0v) is 11.5. The van der Waals surface area contributed by atoms with Crippen LogP contribution in [0.3, 0.4) is 0 Å². The lowest BCUT2D eigenvalue weighted by atomic mass is 9.94. The van der Waals surface area contributed by atoms with Crippen LogP contribution in [0.2, 0.25) is 0 Å². The predicted octanol–water partition coefficient (Wildman–Crippen LogP) is 2.58. The maximum Gasteiger partial charge on any atom is 0.303 e. The summed E-state index contributed by atoms with van der Waals surface area (Å²) < 4.78 is 5.07. The molecule has 0 heterocycles. The lowest BCUT2D eigenvalue weighted by Gasteiger charge is -2.12. The van der Waals surface area contributed by atoms with Crippen LogP contribution in [0.15, 0.2) is 24.3 Å². The number of aliphatic carboxylic acids is 2.